The number of aromatic carboxylic acids is 1. The molecular formula is C21H19NO5S. The maximum atomic E-state index is 12.0. The highest BCUT2D eigenvalue weighted by atomic mass is 32.1. The van der Waals surface area contributed by atoms with Crippen molar-refractivity contribution in [3.8, 4) is 11.5 Å². The number of hydrogen-bond acceptors (Lipinski definition) is 5. The maximum Gasteiger partial charge on any atom is 0.346 e. The number of aryl methyl sites for hydroxylation is 1. The predicted octanol–water partition coefficient (Wildman–Crippen LogP) is 4.35. The Labute approximate surface area is 166 Å². The van der Waals surface area contributed by atoms with Gasteiger partial charge in [-0.1, -0.05) is 30.3 Å². The number of carbonyl (C=O) groups excluding carboxylic acids is 1. The molecule has 7 heteroatoms. The highest BCUT2D eigenvalue weighted by molar-refractivity contribution is 7.18. The molecule has 0 spiro atoms. The van der Waals surface area contributed by atoms with Crippen LogP contribution >= 0.6 is 11.3 Å². The van der Waals surface area contributed by atoms with Crippen molar-refractivity contribution >= 4 is 28.2 Å². The first-order valence-electron chi connectivity index (χ1n) is 8.54. The molecular weight excluding hydrogens is 378 g/mol. The van der Waals surface area contributed by atoms with Crippen molar-refractivity contribution in [2.75, 3.05) is 11.9 Å². The van der Waals surface area contributed by atoms with Crippen molar-refractivity contribution in [2.45, 2.75) is 13.5 Å². The average Bonchev–Trinajstić information content (AvgIpc) is 3.06. The second kappa shape index (κ2) is 9.05. The Morgan fingerprint density at radius 3 is 2.25 bits per heavy atom. The number of anilines is 1. The molecule has 3 aromatic rings. The van der Waals surface area contributed by atoms with Gasteiger partial charge in [-0.25, -0.2) is 4.79 Å². The van der Waals surface area contributed by atoms with Crippen LogP contribution in [0.25, 0.3) is 0 Å². The molecule has 6 nitrogen and oxygen atoms in total. The monoisotopic (exact) mass is 397 g/mol. The quantitative estimate of drug-likeness (QED) is 0.590. The number of rotatable bonds is 8. The van der Waals surface area contributed by atoms with Gasteiger partial charge in [-0.05, 0) is 48.4 Å². The molecule has 28 heavy (non-hydrogen) atoms. The van der Waals surface area contributed by atoms with Gasteiger partial charge >= 0.3 is 5.97 Å². The van der Waals surface area contributed by atoms with E-state index in [1.54, 1.807) is 37.3 Å². The fraction of sp³-hybridized carbons (Fsp3) is 0.143. The minimum atomic E-state index is -1.01. The maximum absolute atomic E-state index is 12.0. The van der Waals surface area contributed by atoms with Crippen LogP contribution in [0.4, 0.5) is 5.00 Å². The first-order valence-corrected chi connectivity index (χ1v) is 9.36. The van der Waals surface area contributed by atoms with E-state index in [1.807, 2.05) is 30.3 Å². The smallest absolute Gasteiger partial charge is 0.346 e. The first kappa shape index (κ1) is 19.4. The van der Waals surface area contributed by atoms with Crippen molar-refractivity contribution in [3.05, 3.63) is 76.7 Å². The van der Waals surface area contributed by atoms with Crippen LogP contribution in [0.3, 0.4) is 0 Å². The molecule has 0 aliphatic heterocycles. The average molecular weight is 397 g/mol. The fourth-order valence-electron chi connectivity index (χ4n) is 2.45. The first-order chi connectivity index (χ1) is 13.5. The molecule has 0 atom stereocenters. The minimum Gasteiger partial charge on any atom is -0.489 e. The standard InChI is InChI=1S/C21H19NO5S/c1-14-11-19(28-20(14)21(24)25)22-18(23)13-27-17-9-7-16(8-10-17)26-12-15-5-3-2-4-6-15/h2-11H,12-13H2,1H3,(H,22,23)(H,24,25). The minimum absolute atomic E-state index is 0.177. The van der Waals surface area contributed by atoms with Crippen LogP contribution in [-0.2, 0) is 11.4 Å². The van der Waals surface area contributed by atoms with Gasteiger partial charge in [-0.3, -0.25) is 4.79 Å². The Morgan fingerprint density at radius 1 is 1.00 bits per heavy atom. The Kier molecular flexibility index (Phi) is 6.29. The molecule has 0 bridgehead atoms. The molecule has 0 aliphatic rings. The normalized spacial score (nSPS) is 10.3. The number of ether oxygens (including phenoxy) is 2. The van der Waals surface area contributed by atoms with Crippen LogP contribution in [0, 0.1) is 6.92 Å². The summed E-state index contributed by atoms with van der Waals surface area (Å²) in [6.45, 7) is 1.99. The Balaban J connectivity index is 1.47. The third-order valence-corrected chi connectivity index (χ3v) is 4.96. The van der Waals surface area contributed by atoms with Crippen LogP contribution in [-0.4, -0.2) is 23.6 Å². The molecule has 2 aromatic carbocycles. The number of benzene rings is 2. The predicted molar refractivity (Wildman–Crippen MR) is 107 cm³/mol. The van der Waals surface area contributed by atoms with E-state index in [9.17, 15) is 9.59 Å². The van der Waals surface area contributed by atoms with E-state index in [1.165, 1.54) is 0 Å². The summed E-state index contributed by atoms with van der Waals surface area (Å²) in [5.41, 5.74) is 1.69. The zero-order chi connectivity index (χ0) is 19.9. The zero-order valence-electron chi connectivity index (χ0n) is 15.2. The lowest BCUT2D eigenvalue weighted by atomic mass is 10.2. The van der Waals surface area contributed by atoms with E-state index in [-0.39, 0.29) is 17.4 Å². The summed E-state index contributed by atoms with van der Waals surface area (Å²) in [4.78, 5) is 23.3. The van der Waals surface area contributed by atoms with Crippen LogP contribution in [0.1, 0.15) is 20.8 Å². The number of amides is 1. The Hall–Kier alpha value is -3.32. The summed E-state index contributed by atoms with van der Waals surface area (Å²) < 4.78 is 11.2. The number of carboxylic acids is 1. The van der Waals surface area contributed by atoms with Gasteiger partial charge in [0.1, 0.15) is 23.0 Å². The van der Waals surface area contributed by atoms with Crippen LogP contribution in [0.2, 0.25) is 0 Å². The Bertz CT molecular complexity index is 951. The van der Waals surface area contributed by atoms with E-state index in [0.717, 1.165) is 16.9 Å². The number of thiophene rings is 1. The van der Waals surface area contributed by atoms with E-state index >= 15 is 0 Å². The van der Waals surface area contributed by atoms with Gasteiger partial charge in [-0.2, -0.15) is 0 Å². The summed E-state index contributed by atoms with van der Waals surface area (Å²) in [7, 11) is 0. The zero-order valence-corrected chi connectivity index (χ0v) is 16.0. The largest absolute Gasteiger partial charge is 0.489 e. The Morgan fingerprint density at radius 2 is 1.64 bits per heavy atom. The van der Waals surface area contributed by atoms with Crippen LogP contribution < -0.4 is 14.8 Å². The molecule has 3 rings (SSSR count). The molecule has 0 aliphatic carbocycles. The van der Waals surface area contributed by atoms with Crippen molar-refractivity contribution in [2.24, 2.45) is 0 Å². The lowest BCUT2D eigenvalue weighted by molar-refractivity contribution is -0.118. The molecule has 0 radical (unpaired) electrons. The molecule has 0 unspecified atom stereocenters. The fourth-order valence-corrected chi connectivity index (χ4v) is 3.38. The number of carboxylic acid groups (broad SMARTS) is 1. The summed E-state index contributed by atoms with van der Waals surface area (Å²) >= 11 is 1.02. The van der Waals surface area contributed by atoms with E-state index in [2.05, 4.69) is 5.32 Å². The van der Waals surface area contributed by atoms with Crippen molar-refractivity contribution in [1.82, 2.24) is 0 Å². The molecule has 1 amide bonds. The highest BCUT2D eigenvalue weighted by Crippen LogP contribution is 2.26. The van der Waals surface area contributed by atoms with Gasteiger partial charge in [0.15, 0.2) is 6.61 Å². The number of nitrogens with one attached hydrogen (secondary N) is 1. The van der Waals surface area contributed by atoms with Gasteiger partial charge in [0, 0.05) is 0 Å². The van der Waals surface area contributed by atoms with E-state index in [4.69, 9.17) is 14.6 Å². The molecule has 0 saturated heterocycles. The van der Waals surface area contributed by atoms with Crippen LogP contribution in [0.5, 0.6) is 11.5 Å². The lowest BCUT2D eigenvalue weighted by Crippen LogP contribution is -2.19. The van der Waals surface area contributed by atoms with Gasteiger partial charge in [0.2, 0.25) is 0 Å². The van der Waals surface area contributed by atoms with Gasteiger partial charge < -0.3 is 19.9 Å². The van der Waals surface area contributed by atoms with Gasteiger partial charge in [0.05, 0.1) is 5.00 Å². The van der Waals surface area contributed by atoms with Gasteiger partial charge in [0.25, 0.3) is 5.91 Å². The third-order valence-electron chi connectivity index (χ3n) is 3.82. The lowest BCUT2D eigenvalue weighted by Gasteiger charge is -2.09. The number of carbonyl (C=O) groups is 2. The molecule has 0 fully saturated rings. The summed E-state index contributed by atoms with van der Waals surface area (Å²) in [6, 6.07) is 18.5. The molecule has 1 heterocycles. The van der Waals surface area contributed by atoms with Crippen LogP contribution in [0.15, 0.2) is 60.7 Å². The molecule has 1 aromatic heterocycles. The second-order valence-electron chi connectivity index (χ2n) is 6.01. The van der Waals surface area contributed by atoms with Gasteiger partial charge in [-0.15, -0.1) is 11.3 Å². The molecule has 0 saturated carbocycles. The summed E-state index contributed by atoms with van der Waals surface area (Å²) in [6.07, 6.45) is 0. The van der Waals surface area contributed by atoms with E-state index < -0.39 is 5.97 Å². The molecule has 144 valence electrons. The SMILES string of the molecule is Cc1cc(NC(=O)COc2ccc(OCc3ccccc3)cc2)sc1C(=O)O. The third kappa shape index (κ3) is 5.34. The highest BCUT2D eigenvalue weighted by Gasteiger charge is 2.14. The van der Waals surface area contributed by atoms with Crippen molar-refractivity contribution in [1.29, 1.82) is 0 Å². The van der Waals surface area contributed by atoms with Crippen molar-refractivity contribution in [3.63, 3.8) is 0 Å². The topological polar surface area (TPSA) is 84.9 Å². The summed E-state index contributed by atoms with van der Waals surface area (Å²) in [5.74, 6) is -0.122. The number of hydrogen-bond donors (Lipinski definition) is 2. The molecule has 2 N–H and O–H groups in total. The van der Waals surface area contributed by atoms with E-state index in [0.29, 0.717) is 28.7 Å². The summed E-state index contributed by atoms with van der Waals surface area (Å²) in [5, 5.41) is 12.2. The van der Waals surface area contributed by atoms with Crippen molar-refractivity contribution < 1.29 is 24.2 Å². The second-order valence-corrected chi connectivity index (χ2v) is 7.06.